The minimum Gasteiger partial charge on any atom is -0.497 e. The number of methoxy groups -OCH3 is 1. The monoisotopic (exact) mass is 353 g/mol. The second kappa shape index (κ2) is 8.09. The van der Waals surface area contributed by atoms with Gasteiger partial charge in [0.05, 0.1) is 12.1 Å². The van der Waals surface area contributed by atoms with Crippen LogP contribution in [-0.2, 0) is 11.3 Å². The van der Waals surface area contributed by atoms with Gasteiger partial charge in [0.2, 0.25) is 0 Å². The molecule has 0 unspecified atom stereocenters. The lowest BCUT2D eigenvalue weighted by Gasteiger charge is -2.18. The van der Waals surface area contributed by atoms with Gasteiger partial charge in [0.15, 0.2) is 6.61 Å². The number of benzene rings is 2. The van der Waals surface area contributed by atoms with Gasteiger partial charge in [-0.3, -0.25) is 4.79 Å². The van der Waals surface area contributed by atoms with Gasteiger partial charge in [-0.25, -0.2) is 0 Å². The number of hydrogen-bond donors (Lipinski definition) is 0. The molecule has 2 rings (SSSR count). The molecule has 0 aliphatic carbocycles. The molecule has 0 aliphatic rings. The lowest BCUT2D eigenvalue weighted by molar-refractivity contribution is -0.132. The normalized spacial score (nSPS) is 10.3. The Morgan fingerprint density at radius 2 is 1.91 bits per heavy atom. The molecule has 0 radical (unpaired) electrons. The molecule has 0 saturated heterocycles. The number of amides is 1. The Kier molecular flexibility index (Phi) is 6.13. The Hall–Kier alpha value is -1.91. The first-order valence-electron chi connectivity index (χ1n) is 6.95. The molecule has 0 aliphatic heterocycles. The topological polar surface area (TPSA) is 38.8 Å². The van der Waals surface area contributed by atoms with E-state index in [-0.39, 0.29) is 12.5 Å². The van der Waals surface area contributed by atoms with E-state index < -0.39 is 0 Å². The van der Waals surface area contributed by atoms with Crippen molar-refractivity contribution >= 4 is 29.1 Å². The molecule has 0 saturated carbocycles. The average Bonchev–Trinajstić information content (AvgIpc) is 2.56. The van der Waals surface area contributed by atoms with Crippen molar-refractivity contribution in [3.63, 3.8) is 0 Å². The summed E-state index contributed by atoms with van der Waals surface area (Å²) in [5.41, 5.74) is 0.973. The number of ether oxygens (including phenoxy) is 2. The van der Waals surface area contributed by atoms with Crippen molar-refractivity contribution in [3.05, 3.63) is 58.1 Å². The van der Waals surface area contributed by atoms with Crippen LogP contribution in [0.4, 0.5) is 0 Å². The third kappa shape index (κ3) is 4.78. The first-order chi connectivity index (χ1) is 11.0. The molecule has 1 amide bonds. The molecule has 0 bridgehead atoms. The third-order valence-corrected chi connectivity index (χ3v) is 4.05. The van der Waals surface area contributed by atoms with E-state index in [0.717, 1.165) is 11.3 Å². The smallest absolute Gasteiger partial charge is 0.260 e. The van der Waals surface area contributed by atoms with Gasteiger partial charge in [-0.2, -0.15) is 0 Å². The SMILES string of the molecule is COc1cccc(CN(C)C(=O)COc2cccc(Cl)c2Cl)c1. The number of likely N-dealkylation sites (N-methyl/N-ethyl adjacent to an activating group) is 1. The molecular weight excluding hydrogens is 337 g/mol. The molecule has 0 atom stereocenters. The van der Waals surface area contributed by atoms with Gasteiger partial charge >= 0.3 is 0 Å². The zero-order valence-electron chi connectivity index (χ0n) is 12.9. The average molecular weight is 354 g/mol. The quantitative estimate of drug-likeness (QED) is 0.786. The summed E-state index contributed by atoms with van der Waals surface area (Å²) in [5, 5.41) is 0.693. The van der Waals surface area contributed by atoms with E-state index in [4.69, 9.17) is 32.7 Å². The Labute approximate surface area is 145 Å². The number of nitrogens with zero attached hydrogens (tertiary/aromatic N) is 1. The van der Waals surface area contributed by atoms with Gasteiger partial charge in [0.1, 0.15) is 16.5 Å². The van der Waals surface area contributed by atoms with Crippen LogP contribution < -0.4 is 9.47 Å². The maximum absolute atomic E-state index is 12.2. The summed E-state index contributed by atoms with van der Waals surface area (Å²) in [6.07, 6.45) is 0. The molecule has 0 N–H and O–H groups in total. The van der Waals surface area contributed by atoms with Crippen LogP contribution in [0.15, 0.2) is 42.5 Å². The number of halogens is 2. The lowest BCUT2D eigenvalue weighted by Crippen LogP contribution is -2.31. The van der Waals surface area contributed by atoms with E-state index >= 15 is 0 Å². The van der Waals surface area contributed by atoms with Crippen LogP contribution in [0, 0.1) is 0 Å². The molecule has 0 fully saturated rings. The van der Waals surface area contributed by atoms with Crippen molar-refractivity contribution in [2.45, 2.75) is 6.54 Å². The van der Waals surface area contributed by atoms with E-state index in [2.05, 4.69) is 0 Å². The molecule has 6 heteroatoms. The fourth-order valence-electron chi connectivity index (χ4n) is 1.98. The predicted molar refractivity (Wildman–Crippen MR) is 91.4 cm³/mol. The molecule has 0 spiro atoms. The zero-order valence-corrected chi connectivity index (χ0v) is 14.4. The van der Waals surface area contributed by atoms with Crippen LogP contribution in [-0.4, -0.2) is 31.6 Å². The molecule has 2 aromatic carbocycles. The van der Waals surface area contributed by atoms with Crippen LogP contribution in [0.3, 0.4) is 0 Å². The van der Waals surface area contributed by atoms with E-state index in [9.17, 15) is 4.79 Å². The van der Waals surface area contributed by atoms with Gasteiger partial charge < -0.3 is 14.4 Å². The number of carbonyl (C=O) groups is 1. The van der Waals surface area contributed by atoms with Crippen LogP contribution >= 0.6 is 23.2 Å². The standard InChI is InChI=1S/C17H17Cl2NO3/c1-20(10-12-5-3-6-13(9-12)22-2)16(21)11-23-15-8-4-7-14(18)17(15)19/h3-9H,10-11H2,1-2H3. The molecule has 23 heavy (non-hydrogen) atoms. The third-order valence-electron chi connectivity index (χ3n) is 3.25. The van der Waals surface area contributed by atoms with Crippen LogP contribution in [0.2, 0.25) is 10.0 Å². The maximum Gasteiger partial charge on any atom is 0.260 e. The van der Waals surface area contributed by atoms with Crippen molar-refractivity contribution in [3.8, 4) is 11.5 Å². The van der Waals surface area contributed by atoms with E-state index in [1.165, 1.54) is 0 Å². The second-order valence-corrected chi connectivity index (χ2v) is 5.73. The number of carbonyl (C=O) groups excluding carboxylic acids is 1. The van der Waals surface area contributed by atoms with Crippen LogP contribution in [0.5, 0.6) is 11.5 Å². The molecule has 2 aromatic rings. The summed E-state index contributed by atoms with van der Waals surface area (Å²) >= 11 is 11.9. The Morgan fingerprint density at radius 3 is 2.65 bits per heavy atom. The number of rotatable bonds is 6. The van der Waals surface area contributed by atoms with Gasteiger partial charge in [-0.15, -0.1) is 0 Å². The summed E-state index contributed by atoms with van der Waals surface area (Å²) in [6.45, 7) is 0.350. The van der Waals surface area contributed by atoms with Gasteiger partial charge in [-0.1, -0.05) is 41.4 Å². The molecule has 0 aromatic heterocycles. The lowest BCUT2D eigenvalue weighted by atomic mass is 10.2. The van der Waals surface area contributed by atoms with Crippen molar-refractivity contribution in [1.29, 1.82) is 0 Å². The predicted octanol–water partition coefficient (Wildman–Crippen LogP) is 4.04. The Morgan fingerprint density at radius 1 is 1.17 bits per heavy atom. The summed E-state index contributed by atoms with van der Waals surface area (Å²) in [4.78, 5) is 13.7. The Balaban J connectivity index is 1.93. The van der Waals surface area contributed by atoms with Gasteiger partial charge in [0, 0.05) is 13.6 Å². The van der Waals surface area contributed by atoms with Crippen LogP contribution in [0.25, 0.3) is 0 Å². The highest BCUT2D eigenvalue weighted by Gasteiger charge is 2.12. The summed E-state index contributed by atoms with van der Waals surface area (Å²) in [5.74, 6) is 0.983. The highest BCUT2D eigenvalue weighted by Crippen LogP contribution is 2.31. The van der Waals surface area contributed by atoms with Gasteiger partial charge in [0.25, 0.3) is 5.91 Å². The Bertz CT molecular complexity index is 691. The minimum absolute atomic E-state index is 0.111. The molecular formula is C17H17Cl2NO3. The van der Waals surface area contributed by atoms with Crippen molar-refractivity contribution in [2.75, 3.05) is 20.8 Å². The van der Waals surface area contributed by atoms with Gasteiger partial charge in [-0.05, 0) is 29.8 Å². The van der Waals surface area contributed by atoms with Crippen LogP contribution in [0.1, 0.15) is 5.56 Å². The fraction of sp³-hybridized carbons (Fsp3) is 0.235. The van der Waals surface area contributed by atoms with Crippen molar-refractivity contribution in [2.24, 2.45) is 0 Å². The largest absolute Gasteiger partial charge is 0.497 e. The first-order valence-corrected chi connectivity index (χ1v) is 7.70. The molecule has 122 valence electrons. The van der Waals surface area contributed by atoms with E-state index in [1.54, 1.807) is 37.3 Å². The summed E-state index contributed by atoms with van der Waals surface area (Å²) < 4.78 is 10.6. The van der Waals surface area contributed by atoms with E-state index in [1.807, 2.05) is 24.3 Å². The fourth-order valence-corrected chi connectivity index (χ4v) is 2.32. The van der Waals surface area contributed by atoms with E-state index in [0.29, 0.717) is 22.3 Å². The number of hydrogen-bond acceptors (Lipinski definition) is 3. The highest BCUT2D eigenvalue weighted by atomic mass is 35.5. The first kappa shape index (κ1) is 17.4. The second-order valence-electron chi connectivity index (χ2n) is 4.94. The zero-order chi connectivity index (χ0) is 16.8. The molecule has 0 heterocycles. The maximum atomic E-state index is 12.2. The highest BCUT2D eigenvalue weighted by molar-refractivity contribution is 6.42. The summed E-state index contributed by atoms with van der Waals surface area (Å²) in [6, 6.07) is 12.6. The molecule has 4 nitrogen and oxygen atoms in total. The minimum atomic E-state index is -0.163. The summed E-state index contributed by atoms with van der Waals surface area (Å²) in [7, 11) is 3.32. The van der Waals surface area contributed by atoms with Crippen molar-refractivity contribution < 1.29 is 14.3 Å². The van der Waals surface area contributed by atoms with Crippen molar-refractivity contribution in [1.82, 2.24) is 4.90 Å².